The summed E-state index contributed by atoms with van der Waals surface area (Å²) in [5.74, 6) is -1.02. The Labute approximate surface area is 127 Å². The van der Waals surface area contributed by atoms with Crippen LogP contribution < -0.4 is 5.69 Å². The first-order chi connectivity index (χ1) is 10.0. The molecule has 114 valence electrons. The minimum Gasteiger partial charge on any atom is -0.478 e. The van der Waals surface area contributed by atoms with Gasteiger partial charge < -0.3 is 10.1 Å². The standard InChI is InChI=1S/C15H20N2O3S/c1-9-11(13(18)19)12(17-14(20)16-9)21-10-5-8-15(10)6-3-2-4-7-15/h10H,2-8H2,1H3,(H,18,19)(H,16,17,20). The third-order valence-electron chi connectivity index (χ3n) is 4.99. The van der Waals surface area contributed by atoms with Crippen molar-refractivity contribution in [2.45, 2.75) is 62.1 Å². The summed E-state index contributed by atoms with van der Waals surface area (Å²) in [5, 5.41) is 10.2. The van der Waals surface area contributed by atoms with E-state index in [9.17, 15) is 14.7 Å². The lowest BCUT2D eigenvalue weighted by atomic mass is 9.60. The topological polar surface area (TPSA) is 83.0 Å². The maximum atomic E-state index is 11.6. The SMILES string of the molecule is Cc1[nH]c(=O)nc(SC2CCC23CCCCC3)c1C(=O)O. The van der Waals surface area contributed by atoms with Gasteiger partial charge in [0.15, 0.2) is 0 Å². The Hall–Kier alpha value is -1.30. The van der Waals surface area contributed by atoms with Gasteiger partial charge in [-0.3, -0.25) is 0 Å². The number of aromatic amines is 1. The zero-order valence-corrected chi connectivity index (χ0v) is 13.0. The first-order valence-electron chi connectivity index (χ1n) is 7.53. The lowest BCUT2D eigenvalue weighted by Crippen LogP contribution is -2.44. The fraction of sp³-hybridized carbons (Fsp3) is 0.667. The molecule has 3 rings (SSSR count). The van der Waals surface area contributed by atoms with E-state index in [1.165, 1.54) is 50.3 Å². The van der Waals surface area contributed by atoms with E-state index in [1.807, 2.05) is 0 Å². The van der Waals surface area contributed by atoms with Crippen LogP contribution in [0.1, 0.15) is 61.0 Å². The highest BCUT2D eigenvalue weighted by molar-refractivity contribution is 8.00. The normalized spacial score (nSPS) is 23.8. The molecule has 6 heteroatoms. The Morgan fingerprint density at radius 2 is 2.05 bits per heavy atom. The number of aromatic carboxylic acids is 1. The van der Waals surface area contributed by atoms with E-state index in [0.29, 0.717) is 21.4 Å². The number of nitrogens with one attached hydrogen (secondary N) is 1. The Morgan fingerprint density at radius 1 is 1.33 bits per heavy atom. The summed E-state index contributed by atoms with van der Waals surface area (Å²) in [7, 11) is 0. The van der Waals surface area contributed by atoms with Gasteiger partial charge in [0.2, 0.25) is 0 Å². The first-order valence-corrected chi connectivity index (χ1v) is 8.41. The van der Waals surface area contributed by atoms with E-state index < -0.39 is 11.7 Å². The number of aryl methyl sites for hydroxylation is 1. The van der Waals surface area contributed by atoms with Crippen molar-refractivity contribution in [3.05, 3.63) is 21.7 Å². The average molecular weight is 308 g/mol. The van der Waals surface area contributed by atoms with Gasteiger partial charge in [-0.25, -0.2) is 9.59 Å². The van der Waals surface area contributed by atoms with E-state index in [0.717, 1.165) is 6.42 Å². The molecule has 1 aromatic heterocycles. The summed E-state index contributed by atoms with van der Waals surface area (Å²) in [6, 6.07) is 0. The van der Waals surface area contributed by atoms with Gasteiger partial charge in [0.25, 0.3) is 0 Å². The Kier molecular flexibility index (Phi) is 3.82. The summed E-state index contributed by atoms with van der Waals surface area (Å²) in [4.78, 5) is 29.4. The molecule has 1 unspecified atom stereocenters. The number of carboxylic acid groups (broad SMARTS) is 1. The second kappa shape index (κ2) is 5.48. The van der Waals surface area contributed by atoms with Gasteiger partial charge in [0.05, 0.1) is 0 Å². The predicted molar refractivity (Wildman–Crippen MR) is 81.0 cm³/mol. The molecule has 2 aliphatic carbocycles. The van der Waals surface area contributed by atoms with Crippen LogP contribution in [0, 0.1) is 12.3 Å². The van der Waals surface area contributed by atoms with E-state index in [4.69, 9.17) is 0 Å². The van der Waals surface area contributed by atoms with Gasteiger partial charge in [-0.2, -0.15) is 4.98 Å². The highest BCUT2D eigenvalue weighted by Crippen LogP contribution is 2.57. The smallest absolute Gasteiger partial charge is 0.346 e. The number of carbonyl (C=O) groups is 1. The molecule has 1 aromatic rings. The fourth-order valence-electron chi connectivity index (χ4n) is 3.71. The Bertz CT molecular complexity index is 620. The van der Waals surface area contributed by atoms with Crippen LogP contribution in [0.25, 0.3) is 0 Å². The Balaban J connectivity index is 1.88. The molecule has 1 spiro atoms. The molecule has 2 saturated carbocycles. The van der Waals surface area contributed by atoms with Crippen molar-refractivity contribution in [3.8, 4) is 0 Å². The number of hydrogen-bond donors (Lipinski definition) is 2. The van der Waals surface area contributed by atoms with E-state index in [2.05, 4.69) is 9.97 Å². The van der Waals surface area contributed by atoms with Crippen molar-refractivity contribution in [2.75, 3.05) is 0 Å². The molecular weight excluding hydrogens is 288 g/mol. The van der Waals surface area contributed by atoms with Crippen molar-refractivity contribution < 1.29 is 9.90 Å². The molecule has 2 fully saturated rings. The maximum Gasteiger partial charge on any atom is 0.346 e. The van der Waals surface area contributed by atoms with Gasteiger partial charge in [0, 0.05) is 10.9 Å². The van der Waals surface area contributed by atoms with Crippen molar-refractivity contribution in [1.82, 2.24) is 9.97 Å². The molecule has 2 aliphatic rings. The van der Waals surface area contributed by atoms with Crippen molar-refractivity contribution >= 4 is 17.7 Å². The van der Waals surface area contributed by atoms with Crippen LogP contribution in [0.5, 0.6) is 0 Å². The number of nitrogens with zero attached hydrogens (tertiary/aromatic N) is 1. The Morgan fingerprint density at radius 3 is 2.62 bits per heavy atom. The fourth-order valence-corrected chi connectivity index (χ4v) is 5.32. The van der Waals surface area contributed by atoms with Gasteiger partial charge >= 0.3 is 11.7 Å². The number of rotatable bonds is 3. The summed E-state index contributed by atoms with van der Waals surface area (Å²) in [5.41, 5.74) is 0.438. The second-order valence-electron chi connectivity index (χ2n) is 6.22. The van der Waals surface area contributed by atoms with Crippen LogP contribution in [-0.4, -0.2) is 26.3 Å². The van der Waals surface area contributed by atoms with Gasteiger partial charge in [-0.15, -0.1) is 11.8 Å². The molecule has 0 aliphatic heterocycles. The van der Waals surface area contributed by atoms with Crippen LogP contribution in [0.4, 0.5) is 0 Å². The molecule has 2 N–H and O–H groups in total. The maximum absolute atomic E-state index is 11.6. The second-order valence-corrected chi connectivity index (χ2v) is 7.41. The molecule has 1 heterocycles. The van der Waals surface area contributed by atoms with Crippen LogP contribution >= 0.6 is 11.8 Å². The highest BCUT2D eigenvalue weighted by Gasteiger charge is 2.47. The zero-order valence-electron chi connectivity index (χ0n) is 12.1. The number of carboxylic acids is 1. The van der Waals surface area contributed by atoms with E-state index in [-0.39, 0.29) is 5.56 Å². The highest BCUT2D eigenvalue weighted by atomic mass is 32.2. The quantitative estimate of drug-likeness (QED) is 0.839. The van der Waals surface area contributed by atoms with E-state index in [1.54, 1.807) is 6.92 Å². The van der Waals surface area contributed by atoms with Crippen LogP contribution in [-0.2, 0) is 0 Å². The summed E-state index contributed by atoms with van der Waals surface area (Å²) >= 11 is 1.51. The summed E-state index contributed by atoms with van der Waals surface area (Å²) < 4.78 is 0. The van der Waals surface area contributed by atoms with Gasteiger partial charge in [-0.05, 0) is 38.0 Å². The van der Waals surface area contributed by atoms with Crippen molar-refractivity contribution in [1.29, 1.82) is 0 Å². The third-order valence-corrected chi connectivity index (χ3v) is 6.53. The van der Waals surface area contributed by atoms with Gasteiger partial charge in [-0.1, -0.05) is 19.3 Å². The average Bonchev–Trinajstić information content (AvgIpc) is 2.43. The molecular formula is C15H20N2O3S. The molecule has 0 bridgehead atoms. The first kappa shape index (κ1) is 14.6. The van der Waals surface area contributed by atoms with Gasteiger partial charge in [0.1, 0.15) is 10.6 Å². The minimum absolute atomic E-state index is 0.150. The number of hydrogen-bond acceptors (Lipinski definition) is 4. The zero-order chi connectivity index (χ0) is 15.0. The lowest BCUT2D eigenvalue weighted by Gasteiger charge is -2.51. The van der Waals surface area contributed by atoms with Crippen molar-refractivity contribution in [2.24, 2.45) is 5.41 Å². The number of thioether (sulfide) groups is 1. The van der Waals surface area contributed by atoms with Crippen LogP contribution in [0.15, 0.2) is 9.82 Å². The molecule has 5 nitrogen and oxygen atoms in total. The number of H-pyrrole nitrogens is 1. The monoisotopic (exact) mass is 308 g/mol. The summed E-state index contributed by atoms with van der Waals surface area (Å²) in [6.07, 6.45) is 8.63. The minimum atomic E-state index is -1.02. The molecule has 0 saturated heterocycles. The molecule has 0 amide bonds. The van der Waals surface area contributed by atoms with E-state index >= 15 is 0 Å². The molecule has 21 heavy (non-hydrogen) atoms. The lowest BCUT2D eigenvalue weighted by molar-refractivity contribution is 0.0689. The predicted octanol–water partition coefficient (Wildman–Crippen LogP) is 2.98. The third kappa shape index (κ3) is 2.61. The molecule has 0 radical (unpaired) electrons. The number of aromatic nitrogens is 2. The molecule has 1 atom stereocenters. The van der Waals surface area contributed by atoms with Crippen LogP contribution in [0.3, 0.4) is 0 Å². The molecule has 0 aromatic carbocycles. The van der Waals surface area contributed by atoms with Crippen LogP contribution in [0.2, 0.25) is 0 Å². The van der Waals surface area contributed by atoms with Crippen molar-refractivity contribution in [3.63, 3.8) is 0 Å². The largest absolute Gasteiger partial charge is 0.478 e. The summed E-state index contributed by atoms with van der Waals surface area (Å²) in [6.45, 7) is 1.62.